The molecule has 1 atom stereocenters. The average molecular weight is 288 g/mol. The Bertz CT molecular complexity index is 558. The van der Waals surface area contributed by atoms with Crippen molar-refractivity contribution in [2.45, 2.75) is 12.5 Å². The van der Waals surface area contributed by atoms with Crippen LogP contribution in [-0.2, 0) is 11.2 Å². The number of likely N-dealkylation sites (N-methyl/N-ethyl adjacent to an activating group) is 1. The van der Waals surface area contributed by atoms with Gasteiger partial charge in [-0.2, -0.15) is 4.98 Å². The van der Waals surface area contributed by atoms with Crippen LogP contribution in [0, 0.1) is 0 Å². The van der Waals surface area contributed by atoms with E-state index in [1.165, 1.54) is 0 Å². The van der Waals surface area contributed by atoms with E-state index in [1.807, 2.05) is 30.3 Å². The normalized spacial score (nSPS) is 19.6. The van der Waals surface area contributed by atoms with E-state index in [-0.39, 0.29) is 6.10 Å². The van der Waals surface area contributed by atoms with Crippen LogP contribution in [0.1, 0.15) is 17.8 Å². The van der Waals surface area contributed by atoms with Gasteiger partial charge < -0.3 is 19.5 Å². The van der Waals surface area contributed by atoms with Gasteiger partial charge in [-0.1, -0.05) is 23.4 Å². The summed E-state index contributed by atoms with van der Waals surface area (Å²) >= 11 is 0. The first-order chi connectivity index (χ1) is 10.3. The summed E-state index contributed by atoms with van der Waals surface area (Å²) in [6, 6.07) is 10.1. The predicted molar refractivity (Wildman–Crippen MR) is 79.1 cm³/mol. The van der Waals surface area contributed by atoms with Gasteiger partial charge in [0.15, 0.2) is 0 Å². The molecule has 1 aliphatic heterocycles. The number of hydrogen-bond donors (Lipinski definition) is 1. The molecule has 0 amide bonds. The van der Waals surface area contributed by atoms with E-state index in [9.17, 15) is 0 Å². The van der Waals surface area contributed by atoms with Crippen LogP contribution >= 0.6 is 0 Å². The summed E-state index contributed by atoms with van der Waals surface area (Å²) < 4.78 is 11.0. The zero-order valence-electron chi connectivity index (χ0n) is 12.2. The third-order valence-corrected chi connectivity index (χ3v) is 3.48. The standard InChI is InChI=1S/C15H20N4O2/c1-19-9-10-20-13(11-19)15-17-14(21-18-15)7-8-16-12-5-3-2-4-6-12/h2-6,13,16H,7-11H2,1H3. The minimum Gasteiger partial charge on any atom is -0.385 e. The zero-order chi connectivity index (χ0) is 14.5. The number of benzene rings is 1. The van der Waals surface area contributed by atoms with Crippen LogP contribution in [0.3, 0.4) is 0 Å². The number of nitrogens with one attached hydrogen (secondary N) is 1. The molecule has 6 heteroatoms. The SMILES string of the molecule is CN1CCOC(c2noc(CCNc3ccccc3)n2)C1. The minimum atomic E-state index is -0.0802. The maximum atomic E-state index is 5.68. The van der Waals surface area contributed by atoms with Crippen molar-refractivity contribution < 1.29 is 9.26 Å². The predicted octanol–water partition coefficient (Wildman–Crippen LogP) is 1.73. The summed E-state index contributed by atoms with van der Waals surface area (Å²) in [5.41, 5.74) is 1.09. The molecule has 1 unspecified atom stereocenters. The second kappa shape index (κ2) is 6.69. The van der Waals surface area contributed by atoms with E-state index in [0.29, 0.717) is 24.7 Å². The topological polar surface area (TPSA) is 63.4 Å². The molecule has 1 saturated heterocycles. The molecule has 0 spiro atoms. The van der Waals surface area contributed by atoms with E-state index in [4.69, 9.17) is 9.26 Å². The van der Waals surface area contributed by atoms with Crippen molar-refractivity contribution in [3.05, 3.63) is 42.0 Å². The molecule has 1 aromatic heterocycles. The Hall–Kier alpha value is -1.92. The fraction of sp³-hybridized carbons (Fsp3) is 0.467. The quantitative estimate of drug-likeness (QED) is 0.904. The Morgan fingerprint density at radius 1 is 1.33 bits per heavy atom. The molecule has 2 heterocycles. The summed E-state index contributed by atoms with van der Waals surface area (Å²) in [5.74, 6) is 1.29. The van der Waals surface area contributed by atoms with Gasteiger partial charge in [-0.3, -0.25) is 0 Å². The molecule has 21 heavy (non-hydrogen) atoms. The number of morpholine rings is 1. The molecule has 1 N–H and O–H groups in total. The summed E-state index contributed by atoms with van der Waals surface area (Å²) in [6.45, 7) is 3.22. The first kappa shape index (κ1) is 14.0. The summed E-state index contributed by atoms with van der Waals surface area (Å²) in [7, 11) is 2.07. The highest BCUT2D eigenvalue weighted by Crippen LogP contribution is 2.18. The number of aromatic nitrogens is 2. The molecular weight excluding hydrogens is 268 g/mol. The van der Waals surface area contributed by atoms with E-state index >= 15 is 0 Å². The second-order valence-electron chi connectivity index (χ2n) is 5.21. The molecular formula is C15H20N4O2. The van der Waals surface area contributed by atoms with E-state index < -0.39 is 0 Å². The fourth-order valence-electron chi connectivity index (χ4n) is 2.30. The number of rotatable bonds is 5. The molecule has 3 rings (SSSR count). The van der Waals surface area contributed by atoms with Crippen LogP contribution in [0.25, 0.3) is 0 Å². The van der Waals surface area contributed by atoms with Crippen molar-refractivity contribution in [1.82, 2.24) is 15.0 Å². The second-order valence-corrected chi connectivity index (χ2v) is 5.21. The monoisotopic (exact) mass is 288 g/mol. The molecule has 2 aromatic rings. The molecule has 112 valence electrons. The fourth-order valence-corrected chi connectivity index (χ4v) is 2.30. The zero-order valence-corrected chi connectivity index (χ0v) is 12.2. The van der Waals surface area contributed by atoms with Gasteiger partial charge in [-0.15, -0.1) is 0 Å². The summed E-state index contributed by atoms with van der Waals surface area (Å²) in [5, 5.41) is 7.36. The maximum absolute atomic E-state index is 5.68. The van der Waals surface area contributed by atoms with Crippen LogP contribution in [0.5, 0.6) is 0 Å². The Morgan fingerprint density at radius 3 is 3.00 bits per heavy atom. The lowest BCUT2D eigenvalue weighted by Crippen LogP contribution is -2.35. The van der Waals surface area contributed by atoms with E-state index in [0.717, 1.165) is 25.3 Å². The van der Waals surface area contributed by atoms with E-state index in [1.54, 1.807) is 0 Å². The third kappa shape index (κ3) is 3.80. The lowest BCUT2D eigenvalue weighted by molar-refractivity contribution is -0.0264. The highest BCUT2D eigenvalue weighted by atomic mass is 16.5. The molecule has 0 bridgehead atoms. The summed E-state index contributed by atoms with van der Waals surface area (Å²) in [4.78, 5) is 6.64. The Kier molecular flexibility index (Phi) is 4.47. The average Bonchev–Trinajstić information content (AvgIpc) is 2.97. The molecule has 0 radical (unpaired) electrons. The van der Waals surface area contributed by atoms with Gasteiger partial charge in [0.05, 0.1) is 6.61 Å². The van der Waals surface area contributed by atoms with Crippen LogP contribution in [0.15, 0.2) is 34.9 Å². The van der Waals surface area contributed by atoms with Crippen molar-refractivity contribution in [1.29, 1.82) is 0 Å². The van der Waals surface area contributed by atoms with Crippen molar-refractivity contribution in [3.8, 4) is 0 Å². The molecule has 1 fully saturated rings. The Balaban J connectivity index is 1.51. The largest absolute Gasteiger partial charge is 0.385 e. The first-order valence-electron chi connectivity index (χ1n) is 7.23. The van der Waals surface area contributed by atoms with Crippen molar-refractivity contribution in [2.75, 3.05) is 38.6 Å². The van der Waals surface area contributed by atoms with Gasteiger partial charge in [0.2, 0.25) is 11.7 Å². The lowest BCUT2D eigenvalue weighted by atomic mass is 10.2. The molecule has 0 saturated carbocycles. The van der Waals surface area contributed by atoms with Gasteiger partial charge >= 0.3 is 0 Å². The van der Waals surface area contributed by atoms with Crippen LogP contribution < -0.4 is 5.32 Å². The van der Waals surface area contributed by atoms with Crippen molar-refractivity contribution >= 4 is 5.69 Å². The number of nitrogens with zero attached hydrogens (tertiary/aromatic N) is 3. The molecule has 0 aliphatic carbocycles. The third-order valence-electron chi connectivity index (χ3n) is 3.48. The molecule has 1 aliphatic rings. The summed E-state index contributed by atoms with van der Waals surface area (Å²) in [6.07, 6.45) is 0.619. The Labute approximate surface area is 124 Å². The highest BCUT2D eigenvalue weighted by Gasteiger charge is 2.24. The van der Waals surface area contributed by atoms with Crippen molar-refractivity contribution in [2.24, 2.45) is 0 Å². The Morgan fingerprint density at radius 2 is 2.19 bits per heavy atom. The number of ether oxygens (including phenoxy) is 1. The van der Waals surface area contributed by atoms with Crippen LogP contribution in [-0.4, -0.2) is 48.3 Å². The first-order valence-corrected chi connectivity index (χ1v) is 7.23. The highest BCUT2D eigenvalue weighted by molar-refractivity contribution is 5.42. The number of para-hydroxylation sites is 1. The maximum Gasteiger partial charge on any atom is 0.228 e. The van der Waals surface area contributed by atoms with Gasteiger partial charge in [0.25, 0.3) is 0 Å². The molecule has 6 nitrogen and oxygen atoms in total. The minimum absolute atomic E-state index is 0.0802. The van der Waals surface area contributed by atoms with Gasteiger partial charge in [-0.05, 0) is 19.2 Å². The van der Waals surface area contributed by atoms with Gasteiger partial charge in [-0.25, -0.2) is 0 Å². The van der Waals surface area contributed by atoms with Crippen LogP contribution in [0.4, 0.5) is 5.69 Å². The van der Waals surface area contributed by atoms with Gasteiger partial charge in [0, 0.05) is 31.7 Å². The van der Waals surface area contributed by atoms with Gasteiger partial charge in [0.1, 0.15) is 6.10 Å². The van der Waals surface area contributed by atoms with Crippen LogP contribution in [0.2, 0.25) is 0 Å². The number of anilines is 1. The number of hydrogen-bond acceptors (Lipinski definition) is 6. The van der Waals surface area contributed by atoms with Crippen molar-refractivity contribution in [3.63, 3.8) is 0 Å². The molecule has 1 aromatic carbocycles. The lowest BCUT2D eigenvalue weighted by Gasteiger charge is -2.27. The van der Waals surface area contributed by atoms with E-state index in [2.05, 4.69) is 27.4 Å². The smallest absolute Gasteiger partial charge is 0.228 e.